The molecule has 0 unspecified atom stereocenters. The molecular formula is C19H19BrFN3. The number of halogens is 2. The van der Waals surface area contributed by atoms with Gasteiger partial charge in [0.1, 0.15) is 11.6 Å². The van der Waals surface area contributed by atoms with E-state index in [1.807, 2.05) is 13.1 Å². The first kappa shape index (κ1) is 16.9. The van der Waals surface area contributed by atoms with Gasteiger partial charge in [0.25, 0.3) is 0 Å². The maximum atomic E-state index is 13.8. The highest BCUT2D eigenvalue weighted by atomic mass is 79.9. The largest absolute Gasteiger partial charge is 0.309 e. The quantitative estimate of drug-likeness (QED) is 0.688. The van der Waals surface area contributed by atoms with Gasteiger partial charge in [-0.05, 0) is 55.3 Å². The zero-order valence-corrected chi connectivity index (χ0v) is 15.3. The van der Waals surface area contributed by atoms with Gasteiger partial charge >= 0.3 is 0 Å². The zero-order valence-electron chi connectivity index (χ0n) is 13.7. The number of imidazole rings is 1. The van der Waals surface area contributed by atoms with Crippen LogP contribution in [0, 0.1) is 19.7 Å². The molecule has 3 aromatic rings. The Balaban J connectivity index is 1.68. The van der Waals surface area contributed by atoms with Gasteiger partial charge in [-0.15, -0.1) is 0 Å². The summed E-state index contributed by atoms with van der Waals surface area (Å²) < 4.78 is 16.7. The zero-order chi connectivity index (χ0) is 17.1. The lowest BCUT2D eigenvalue weighted by Crippen LogP contribution is -2.14. The Morgan fingerprint density at radius 2 is 1.88 bits per heavy atom. The summed E-state index contributed by atoms with van der Waals surface area (Å²) in [6, 6.07) is 11.3. The molecule has 0 amide bonds. The van der Waals surface area contributed by atoms with Crippen LogP contribution in [-0.2, 0) is 13.1 Å². The second kappa shape index (κ2) is 7.28. The summed E-state index contributed by atoms with van der Waals surface area (Å²) in [5, 5.41) is 3.31. The Hall–Kier alpha value is -1.98. The van der Waals surface area contributed by atoms with Gasteiger partial charge in [0.05, 0.1) is 0 Å². The molecule has 0 atom stereocenters. The maximum Gasteiger partial charge on any atom is 0.127 e. The average Bonchev–Trinajstić information content (AvgIpc) is 2.98. The van der Waals surface area contributed by atoms with Gasteiger partial charge in [-0.25, -0.2) is 9.37 Å². The highest BCUT2D eigenvalue weighted by Crippen LogP contribution is 2.18. The molecule has 24 heavy (non-hydrogen) atoms. The number of aryl methyl sites for hydroxylation is 2. The van der Waals surface area contributed by atoms with Crippen molar-refractivity contribution >= 4 is 15.9 Å². The number of rotatable bonds is 5. The van der Waals surface area contributed by atoms with Crippen molar-refractivity contribution in [3.05, 3.63) is 81.6 Å². The van der Waals surface area contributed by atoms with Gasteiger partial charge < -0.3 is 9.88 Å². The molecule has 0 spiro atoms. The van der Waals surface area contributed by atoms with Crippen molar-refractivity contribution in [1.82, 2.24) is 14.9 Å². The van der Waals surface area contributed by atoms with Crippen molar-refractivity contribution < 1.29 is 4.39 Å². The van der Waals surface area contributed by atoms with Crippen LogP contribution >= 0.6 is 15.9 Å². The van der Waals surface area contributed by atoms with Crippen molar-refractivity contribution in [2.45, 2.75) is 26.9 Å². The average molecular weight is 388 g/mol. The van der Waals surface area contributed by atoms with Gasteiger partial charge in [-0.1, -0.05) is 22.0 Å². The van der Waals surface area contributed by atoms with E-state index in [9.17, 15) is 4.39 Å². The monoisotopic (exact) mass is 387 g/mol. The highest BCUT2D eigenvalue weighted by Gasteiger charge is 2.06. The lowest BCUT2D eigenvalue weighted by Gasteiger charge is -2.12. The van der Waals surface area contributed by atoms with Crippen molar-refractivity contribution in [3.63, 3.8) is 0 Å². The van der Waals surface area contributed by atoms with Crippen LogP contribution in [0.25, 0.3) is 5.69 Å². The predicted octanol–water partition coefficient (Wildman–Crippen LogP) is 4.68. The molecule has 0 aliphatic heterocycles. The first-order valence-electron chi connectivity index (χ1n) is 7.79. The van der Waals surface area contributed by atoms with Gasteiger partial charge in [0.2, 0.25) is 0 Å². The van der Waals surface area contributed by atoms with E-state index < -0.39 is 0 Å². The lowest BCUT2D eigenvalue weighted by atomic mass is 10.1. The van der Waals surface area contributed by atoms with Crippen LogP contribution in [0.15, 0.2) is 53.3 Å². The number of nitrogens with zero attached hydrogens (tertiary/aromatic N) is 2. The van der Waals surface area contributed by atoms with Crippen molar-refractivity contribution in [2.24, 2.45) is 0 Å². The summed E-state index contributed by atoms with van der Waals surface area (Å²) >= 11 is 3.38. The van der Waals surface area contributed by atoms with Gasteiger partial charge in [0, 0.05) is 41.2 Å². The molecule has 0 aliphatic rings. The van der Waals surface area contributed by atoms with Gasteiger partial charge in [0.15, 0.2) is 0 Å². The van der Waals surface area contributed by atoms with Crippen LogP contribution < -0.4 is 5.32 Å². The molecular weight excluding hydrogens is 369 g/mol. The number of aromatic nitrogens is 2. The summed E-state index contributed by atoms with van der Waals surface area (Å²) in [6.45, 7) is 5.26. The van der Waals surface area contributed by atoms with Crippen molar-refractivity contribution in [3.8, 4) is 5.69 Å². The molecule has 0 saturated heterocycles. The predicted molar refractivity (Wildman–Crippen MR) is 97.7 cm³/mol. The SMILES string of the molecule is Cc1cc(-n2ccnc2C)ccc1CNCc1cc(Br)ccc1F. The number of nitrogens with one attached hydrogen (secondary N) is 1. The molecule has 0 aliphatic carbocycles. The summed E-state index contributed by atoms with van der Waals surface area (Å²) in [7, 11) is 0. The van der Waals surface area contributed by atoms with Crippen LogP contribution in [0.1, 0.15) is 22.5 Å². The lowest BCUT2D eigenvalue weighted by molar-refractivity contribution is 0.587. The molecule has 1 N–H and O–H groups in total. The summed E-state index contributed by atoms with van der Waals surface area (Å²) in [4.78, 5) is 4.25. The Morgan fingerprint density at radius 3 is 2.58 bits per heavy atom. The summed E-state index contributed by atoms with van der Waals surface area (Å²) in [5.74, 6) is 0.777. The van der Waals surface area contributed by atoms with E-state index in [0.29, 0.717) is 18.7 Å². The van der Waals surface area contributed by atoms with Crippen LogP contribution in [0.3, 0.4) is 0 Å². The molecule has 0 bridgehead atoms. The molecule has 3 nitrogen and oxygen atoms in total. The molecule has 1 aromatic heterocycles. The van der Waals surface area contributed by atoms with Crippen molar-refractivity contribution in [2.75, 3.05) is 0 Å². The Bertz CT molecular complexity index is 858. The third-order valence-corrected chi connectivity index (χ3v) is 4.56. The third kappa shape index (κ3) is 3.74. The number of hydrogen-bond acceptors (Lipinski definition) is 2. The van der Waals surface area contributed by atoms with Crippen LogP contribution in [0.5, 0.6) is 0 Å². The molecule has 1 heterocycles. The summed E-state index contributed by atoms with van der Waals surface area (Å²) in [5.41, 5.74) is 4.16. The number of benzene rings is 2. The maximum absolute atomic E-state index is 13.8. The fourth-order valence-corrected chi connectivity index (χ4v) is 3.10. The minimum atomic E-state index is -0.187. The van der Waals surface area contributed by atoms with E-state index in [1.54, 1.807) is 18.3 Å². The second-order valence-corrected chi connectivity index (χ2v) is 6.71. The minimum absolute atomic E-state index is 0.187. The topological polar surface area (TPSA) is 29.9 Å². The normalized spacial score (nSPS) is 11.0. The fraction of sp³-hybridized carbons (Fsp3) is 0.211. The minimum Gasteiger partial charge on any atom is -0.309 e. The Labute approximate surface area is 149 Å². The van der Waals surface area contributed by atoms with Crippen LogP contribution in [0.4, 0.5) is 4.39 Å². The second-order valence-electron chi connectivity index (χ2n) is 5.79. The van der Waals surface area contributed by atoms with E-state index in [1.165, 1.54) is 17.2 Å². The standard InChI is InChI=1S/C19H19BrFN3/c1-13-9-18(24-8-7-23-14(24)2)5-3-15(13)11-22-12-16-10-17(20)4-6-19(16)21/h3-10,22H,11-12H2,1-2H3. The Morgan fingerprint density at radius 1 is 1.08 bits per heavy atom. The first-order valence-corrected chi connectivity index (χ1v) is 8.58. The van der Waals surface area contributed by atoms with Gasteiger partial charge in [-0.2, -0.15) is 0 Å². The summed E-state index contributed by atoms with van der Waals surface area (Å²) in [6.07, 6.45) is 3.75. The molecule has 0 fully saturated rings. The highest BCUT2D eigenvalue weighted by molar-refractivity contribution is 9.10. The first-order chi connectivity index (χ1) is 11.5. The van der Waals surface area contributed by atoms with Crippen LogP contribution in [0.2, 0.25) is 0 Å². The number of hydrogen-bond donors (Lipinski definition) is 1. The van der Waals surface area contributed by atoms with Gasteiger partial charge in [-0.3, -0.25) is 0 Å². The molecule has 5 heteroatoms. The van der Waals surface area contributed by atoms with E-state index >= 15 is 0 Å². The molecule has 3 rings (SSSR count). The molecule has 124 valence electrons. The van der Waals surface area contributed by atoms with E-state index in [0.717, 1.165) is 16.0 Å². The molecule has 0 radical (unpaired) electrons. The third-order valence-electron chi connectivity index (χ3n) is 4.07. The van der Waals surface area contributed by atoms with Crippen molar-refractivity contribution in [1.29, 1.82) is 0 Å². The van der Waals surface area contributed by atoms with E-state index in [4.69, 9.17) is 0 Å². The smallest absolute Gasteiger partial charge is 0.127 e. The molecule has 0 saturated carbocycles. The van der Waals surface area contributed by atoms with Crippen LogP contribution in [-0.4, -0.2) is 9.55 Å². The fourth-order valence-electron chi connectivity index (χ4n) is 2.69. The molecule has 2 aromatic carbocycles. The van der Waals surface area contributed by atoms with E-state index in [2.05, 4.69) is 55.9 Å². The van der Waals surface area contributed by atoms with E-state index in [-0.39, 0.29) is 5.82 Å². The Kier molecular flexibility index (Phi) is 5.11.